The minimum absolute atomic E-state index is 0.00998. The van der Waals surface area contributed by atoms with E-state index in [0.717, 1.165) is 20.8 Å². The van der Waals surface area contributed by atoms with Gasteiger partial charge in [0.05, 0.1) is 0 Å². The van der Waals surface area contributed by atoms with Gasteiger partial charge in [-0.05, 0) is 23.3 Å². The van der Waals surface area contributed by atoms with E-state index in [1.54, 1.807) is 48.5 Å². The molecule has 0 saturated heterocycles. The van der Waals surface area contributed by atoms with Crippen LogP contribution in [0.25, 0.3) is 0 Å². The first-order valence-electron chi connectivity index (χ1n) is 11.1. The van der Waals surface area contributed by atoms with E-state index < -0.39 is 36.1 Å². The van der Waals surface area contributed by atoms with E-state index in [1.807, 2.05) is 12.1 Å². The van der Waals surface area contributed by atoms with Crippen molar-refractivity contribution < 1.29 is 43.0 Å². The van der Waals surface area contributed by atoms with Gasteiger partial charge in [-0.25, -0.2) is 10.7 Å². The van der Waals surface area contributed by atoms with E-state index in [-0.39, 0.29) is 22.8 Å². The van der Waals surface area contributed by atoms with Crippen LogP contribution in [-0.4, -0.2) is 23.9 Å². The molecule has 0 bridgehead atoms. The summed E-state index contributed by atoms with van der Waals surface area (Å²) in [5, 5.41) is 0. The molecule has 1 unspecified atom stereocenters. The van der Waals surface area contributed by atoms with Crippen molar-refractivity contribution in [2.45, 2.75) is 33.0 Å². The summed E-state index contributed by atoms with van der Waals surface area (Å²) in [5.74, 6) is 1.37. The third kappa shape index (κ3) is 7.23. The first-order chi connectivity index (χ1) is 17.7. The van der Waals surface area contributed by atoms with Crippen molar-refractivity contribution in [3.05, 3.63) is 89.5 Å². The maximum absolute atomic E-state index is 13.3. The predicted octanol–water partition coefficient (Wildman–Crippen LogP) is 3.73. The smallest absolute Gasteiger partial charge is 0.343 e. The van der Waals surface area contributed by atoms with Crippen LogP contribution in [0.3, 0.4) is 0 Å². The van der Waals surface area contributed by atoms with Gasteiger partial charge in [0.25, 0.3) is 0 Å². The Balaban J connectivity index is 2.05. The Morgan fingerprint density at radius 3 is 1.46 bits per heavy atom. The molecular weight excluding hydrogens is 482 g/mol. The molecule has 10 nitrogen and oxygen atoms in total. The molecule has 3 rings (SSSR count). The lowest BCUT2D eigenvalue weighted by Crippen LogP contribution is -2.24. The molecule has 3 aromatic rings. The van der Waals surface area contributed by atoms with Crippen LogP contribution in [0.4, 0.5) is 0 Å². The third-order valence-electron chi connectivity index (χ3n) is 4.89. The second-order valence-corrected chi connectivity index (χ2v) is 7.78. The molecule has 0 spiro atoms. The topological polar surface area (TPSA) is 140 Å². The van der Waals surface area contributed by atoms with Crippen LogP contribution < -0.4 is 20.1 Å². The summed E-state index contributed by atoms with van der Waals surface area (Å²) in [6.07, 6.45) is -2.33. The van der Waals surface area contributed by atoms with Gasteiger partial charge in [0, 0.05) is 26.3 Å². The van der Waals surface area contributed by atoms with E-state index in [1.165, 1.54) is 12.1 Å². The Kier molecular flexibility index (Phi) is 9.09. The molecule has 0 heterocycles. The van der Waals surface area contributed by atoms with E-state index in [0.29, 0.717) is 11.1 Å². The van der Waals surface area contributed by atoms with Gasteiger partial charge in [0.2, 0.25) is 11.9 Å². The maximum Gasteiger partial charge on any atom is 0.343 e. The van der Waals surface area contributed by atoms with Gasteiger partial charge in [-0.3, -0.25) is 19.2 Å². The summed E-state index contributed by atoms with van der Waals surface area (Å²) in [7, 11) is 0. The lowest BCUT2D eigenvalue weighted by molar-refractivity contribution is -0.162. The average molecular weight is 507 g/mol. The zero-order valence-corrected chi connectivity index (χ0v) is 20.3. The number of ether oxygens (including phenoxy) is 4. The van der Waals surface area contributed by atoms with Crippen LogP contribution in [0.1, 0.15) is 49.7 Å². The van der Waals surface area contributed by atoms with E-state index in [4.69, 9.17) is 29.7 Å². The van der Waals surface area contributed by atoms with Crippen molar-refractivity contribution in [2.24, 2.45) is 5.90 Å². The molecule has 0 aliphatic carbocycles. The summed E-state index contributed by atoms with van der Waals surface area (Å²) in [4.78, 5) is 53.3. The standard InChI is InChI=1S/C27H25NO9/c1-16(29)33-22-14-21(15-23(34-17(2)30)26(22)35-18(3)31)25(37-28)27(32)36-24(19-10-6-4-7-11-19)20-12-8-5-9-13-20/h4-15,24-25H,28H2,1-3H3. The van der Waals surface area contributed by atoms with Gasteiger partial charge in [-0.1, -0.05) is 60.7 Å². The molecule has 0 aliphatic rings. The predicted molar refractivity (Wildman–Crippen MR) is 129 cm³/mol. The van der Waals surface area contributed by atoms with Gasteiger partial charge < -0.3 is 18.9 Å². The van der Waals surface area contributed by atoms with Gasteiger partial charge >= 0.3 is 23.9 Å². The zero-order valence-electron chi connectivity index (χ0n) is 20.3. The SMILES string of the molecule is CC(=O)Oc1cc(C(ON)C(=O)OC(c2ccccc2)c2ccccc2)cc(OC(C)=O)c1OC(C)=O. The second-order valence-electron chi connectivity index (χ2n) is 7.78. The maximum atomic E-state index is 13.3. The van der Waals surface area contributed by atoms with Gasteiger partial charge in [-0.2, -0.15) is 0 Å². The Labute approximate surface area is 212 Å². The van der Waals surface area contributed by atoms with Crippen LogP contribution in [0, 0.1) is 0 Å². The largest absolute Gasteiger partial charge is 0.450 e. The minimum Gasteiger partial charge on any atom is -0.450 e. The second kappa shape index (κ2) is 12.4. The van der Waals surface area contributed by atoms with E-state index in [2.05, 4.69) is 0 Å². The fraction of sp³-hybridized carbons (Fsp3) is 0.185. The molecule has 0 radical (unpaired) electrons. The molecule has 1 atom stereocenters. The molecular formula is C27H25NO9. The molecule has 0 aromatic heterocycles. The first-order valence-corrected chi connectivity index (χ1v) is 11.1. The van der Waals surface area contributed by atoms with E-state index >= 15 is 0 Å². The van der Waals surface area contributed by atoms with Crippen molar-refractivity contribution in [2.75, 3.05) is 0 Å². The summed E-state index contributed by atoms with van der Waals surface area (Å²) >= 11 is 0. The highest BCUT2D eigenvalue weighted by atomic mass is 16.7. The lowest BCUT2D eigenvalue weighted by atomic mass is 10.0. The van der Waals surface area contributed by atoms with Crippen molar-refractivity contribution >= 4 is 23.9 Å². The van der Waals surface area contributed by atoms with Crippen molar-refractivity contribution in [1.29, 1.82) is 0 Å². The number of benzene rings is 3. The van der Waals surface area contributed by atoms with Crippen LogP contribution in [0.2, 0.25) is 0 Å². The summed E-state index contributed by atoms with van der Waals surface area (Å²) in [6.45, 7) is 3.34. The Bertz CT molecular complexity index is 1200. The Morgan fingerprint density at radius 2 is 1.08 bits per heavy atom. The number of hydrogen-bond acceptors (Lipinski definition) is 10. The molecule has 0 amide bonds. The molecule has 37 heavy (non-hydrogen) atoms. The number of hydrogen-bond donors (Lipinski definition) is 1. The quantitative estimate of drug-likeness (QED) is 0.259. The Morgan fingerprint density at radius 1 is 0.649 bits per heavy atom. The fourth-order valence-corrected chi connectivity index (χ4v) is 3.49. The Hall–Kier alpha value is -4.54. The first kappa shape index (κ1) is 27.1. The molecule has 192 valence electrons. The molecule has 0 fully saturated rings. The summed E-state index contributed by atoms with van der Waals surface area (Å²) in [6, 6.07) is 20.5. The minimum atomic E-state index is -1.54. The number of rotatable bonds is 9. The highest BCUT2D eigenvalue weighted by Gasteiger charge is 2.31. The van der Waals surface area contributed by atoms with Crippen LogP contribution >= 0.6 is 0 Å². The molecule has 2 N–H and O–H groups in total. The monoisotopic (exact) mass is 507 g/mol. The third-order valence-corrected chi connectivity index (χ3v) is 4.89. The molecule has 10 heteroatoms. The fourth-order valence-electron chi connectivity index (χ4n) is 3.49. The number of nitrogens with two attached hydrogens (primary N) is 1. The number of esters is 4. The number of carbonyl (C=O) groups excluding carboxylic acids is 4. The average Bonchev–Trinajstić information content (AvgIpc) is 2.85. The van der Waals surface area contributed by atoms with Crippen LogP contribution in [0.5, 0.6) is 17.2 Å². The molecule has 0 aliphatic heterocycles. The summed E-state index contributed by atoms with van der Waals surface area (Å²) < 4.78 is 21.2. The van der Waals surface area contributed by atoms with Crippen LogP contribution in [-0.2, 0) is 28.8 Å². The normalized spacial score (nSPS) is 11.4. The van der Waals surface area contributed by atoms with Gasteiger partial charge in [0.1, 0.15) is 0 Å². The molecule has 0 saturated carbocycles. The molecule has 3 aromatic carbocycles. The van der Waals surface area contributed by atoms with Crippen molar-refractivity contribution in [3.8, 4) is 17.2 Å². The van der Waals surface area contributed by atoms with Crippen LogP contribution in [0.15, 0.2) is 72.8 Å². The van der Waals surface area contributed by atoms with Crippen molar-refractivity contribution in [1.82, 2.24) is 0 Å². The van der Waals surface area contributed by atoms with E-state index in [9.17, 15) is 19.2 Å². The van der Waals surface area contributed by atoms with Gasteiger partial charge in [0.15, 0.2) is 17.6 Å². The van der Waals surface area contributed by atoms with Gasteiger partial charge in [-0.15, -0.1) is 0 Å². The lowest BCUT2D eigenvalue weighted by Gasteiger charge is -2.23. The zero-order chi connectivity index (χ0) is 26.9. The highest BCUT2D eigenvalue weighted by Crippen LogP contribution is 2.42. The highest BCUT2D eigenvalue weighted by molar-refractivity contribution is 5.81. The number of carbonyl (C=O) groups is 4. The van der Waals surface area contributed by atoms with Crippen molar-refractivity contribution in [3.63, 3.8) is 0 Å². The summed E-state index contributed by atoms with van der Waals surface area (Å²) in [5.41, 5.74) is 1.41.